The van der Waals surface area contributed by atoms with Crippen LogP contribution in [0.3, 0.4) is 0 Å². The van der Waals surface area contributed by atoms with Gasteiger partial charge in [-0.05, 0) is 33.1 Å². The SMILES string of the molecule is CCCC(O)(CCC)CN=C(NCC)NCCCN(C)S(=O)(=O)CC. The molecule has 0 aliphatic heterocycles. The number of hydrogen-bond donors (Lipinski definition) is 3. The van der Waals surface area contributed by atoms with Crippen LogP contribution in [0.2, 0.25) is 0 Å². The van der Waals surface area contributed by atoms with Gasteiger partial charge in [0.05, 0.1) is 17.9 Å². The van der Waals surface area contributed by atoms with Gasteiger partial charge in [0.2, 0.25) is 10.0 Å². The van der Waals surface area contributed by atoms with E-state index in [1.807, 2.05) is 6.92 Å². The molecule has 0 aliphatic rings. The summed E-state index contributed by atoms with van der Waals surface area (Å²) in [7, 11) is -1.52. The van der Waals surface area contributed by atoms with Crippen LogP contribution in [0.1, 0.15) is 59.8 Å². The molecule has 0 saturated heterocycles. The van der Waals surface area contributed by atoms with Crippen LogP contribution in [-0.2, 0) is 10.0 Å². The molecule has 0 spiro atoms. The lowest BCUT2D eigenvalue weighted by Gasteiger charge is -2.26. The van der Waals surface area contributed by atoms with Crippen LogP contribution in [0.25, 0.3) is 0 Å². The Morgan fingerprint density at radius 2 is 1.72 bits per heavy atom. The second-order valence-corrected chi connectivity index (χ2v) is 8.79. The van der Waals surface area contributed by atoms with E-state index in [1.54, 1.807) is 14.0 Å². The van der Waals surface area contributed by atoms with E-state index < -0.39 is 15.6 Å². The third-order valence-electron chi connectivity index (χ3n) is 4.09. The Labute approximate surface area is 154 Å². The molecule has 0 fully saturated rings. The Kier molecular flexibility index (Phi) is 12.1. The lowest BCUT2D eigenvalue weighted by molar-refractivity contribution is 0.0306. The number of nitrogens with one attached hydrogen (secondary N) is 2. The number of rotatable bonds is 13. The van der Waals surface area contributed by atoms with E-state index in [2.05, 4.69) is 29.5 Å². The molecule has 0 aliphatic carbocycles. The quantitative estimate of drug-likeness (QED) is 0.257. The van der Waals surface area contributed by atoms with E-state index in [1.165, 1.54) is 4.31 Å². The van der Waals surface area contributed by atoms with Crippen LogP contribution in [0.5, 0.6) is 0 Å². The fourth-order valence-corrected chi connectivity index (χ4v) is 3.50. The Morgan fingerprint density at radius 3 is 2.20 bits per heavy atom. The van der Waals surface area contributed by atoms with Gasteiger partial charge in [0.15, 0.2) is 5.96 Å². The third-order valence-corrected chi connectivity index (χ3v) is 5.95. The summed E-state index contributed by atoms with van der Waals surface area (Å²) in [5.41, 5.74) is -0.749. The molecule has 0 aromatic heterocycles. The highest BCUT2D eigenvalue weighted by Crippen LogP contribution is 2.19. The molecule has 0 heterocycles. The van der Waals surface area contributed by atoms with Crippen LogP contribution >= 0.6 is 0 Å². The second-order valence-electron chi connectivity index (χ2n) is 6.42. The largest absolute Gasteiger partial charge is 0.388 e. The van der Waals surface area contributed by atoms with E-state index >= 15 is 0 Å². The minimum atomic E-state index is -3.12. The van der Waals surface area contributed by atoms with Gasteiger partial charge in [-0.2, -0.15) is 0 Å². The van der Waals surface area contributed by atoms with E-state index in [9.17, 15) is 13.5 Å². The highest BCUT2D eigenvalue weighted by Gasteiger charge is 2.24. The van der Waals surface area contributed by atoms with Crippen molar-refractivity contribution in [3.05, 3.63) is 0 Å². The Bertz CT molecular complexity index is 474. The lowest BCUT2D eigenvalue weighted by Crippen LogP contribution is -2.41. The highest BCUT2D eigenvalue weighted by molar-refractivity contribution is 7.89. The van der Waals surface area contributed by atoms with Gasteiger partial charge in [-0.25, -0.2) is 12.7 Å². The standard InChI is InChI=1S/C17H38N4O3S/c1-6-11-17(22,12-7-2)15-20-16(18-8-3)19-13-10-14-21(5)25(23,24)9-4/h22H,6-15H2,1-5H3,(H2,18,19,20). The maximum atomic E-state index is 11.7. The Balaban J connectivity index is 4.54. The average molecular weight is 379 g/mol. The minimum Gasteiger partial charge on any atom is -0.388 e. The molecule has 0 aromatic carbocycles. The first-order valence-electron chi connectivity index (χ1n) is 9.43. The second kappa shape index (κ2) is 12.5. The average Bonchev–Trinajstić information content (AvgIpc) is 2.56. The smallest absolute Gasteiger partial charge is 0.213 e. The van der Waals surface area contributed by atoms with Crippen LogP contribution in [0, 0.1) is 0 Å². The molecule has 0 aromatic rings. The van der Waals surface area contributed by atoms with Crippen LogP contribution in [0.4, 0.5) is 0 Å². The van der Waals surface area contributed by atoms with Gasteiger partial charge in [-0.1, -0.05) is 26.7 Å². The summed E-state index contributed by atoms with van der Waals surface area (Å²) in [4.78, 5) is 4.52. The molecule has 0 unspecified atom stereocenters. The molecular formula is C17H38N4O3S. The maximum Gasteiger partial charge on any atom is 0.213 e. The summed E-state index contributed by atoms with van der Waals surface area (Å²) in [6.07, 6.45) is 4.02. The first-order chi connectivity index (χ1) is 11.7. The summed E-state index contributed by atoms with van der Waals surface area (Å²) >= 11 is 0. The van der Waals surface area contributed by atoms with Gasteiger partial charge in [0.1, 0.15) is 0 Å². The molecule has 0 rings (SSSR count). The first-order valence-corrected chi connectivity index (χ1v) is 11.0. The minimum absolute atomic E-state index is 0.120. The highest BCUT2D eigenvalue weighted by atomic mass is 32.2. The van der Waals surface area contributed by atoms with Gasteiger partial charge in [-0.15, -0.1) is 0 Å². The normalized spacial score (nSPS) is 13.3. The zero-order valence-corrected chi connectivity index (χ0v) is 17.5. The number of guanidine groups is 1. The molecular weight excluding hydrogens is 340 g/mol. The molecule has 25 heavy (non-hydrogen) atoms. The van der Waals surface area contributed by atoms with E-state index in [4.69, 9.17) is 0 Å². The van der Waals surface area contributed by atoms with Crippen LogP contribution in [0.15, 0.2) is 4.99 Å². The van der Waals surface area contributed by atoms with E-state index in [0.29, 0.717) is 32.0 Å². The number of aliphatic imine (C=N–C) groups is 1. The molecule has 150 valence electrons. The van der Waals surface area contributed by atoms with Crippen LogP contribution in [-0.4, -0.2) is 68.4 Å². The summed E-state index contributed by atoms with van der Waals surface area (Å²) in [5.74, 6) is 0.781. The molecule has 7 nitrogen and oxygen atoms in total. The zero-order chi connectivity index (χ0) is 19.3. The van der Waals surface area contributed by atoms with Crippen molar-refractivity contribution in [2.45, 2.75) is 65.4 Å². The van der Waals surface area contributed by atoms with Crippen molar-refractivity contribution in [3.63, 3.8) is 0 Å². The van der Waals surface area contributed by atoms with Crippen molar-refractivity contribution in [2.24, 2.45) is 4.99 Å². The van der Waals surface area contributed by atoms with Crippen molar-refractivity contribution >= 4 is 16.0 Å². The molecule has 0 bridgehead atoms. The molecule has 0 atom stereocenters. The third kappa shape index (κ3) is 10.0. The van der Waals surface area contributed by atoms with Crippen molar-refractivity contribution in [1.82, 2.24) is 14.9 Å². The molecule has 3 N–H and O–H groups in total. The fraction of sp³-hybridized carbons (Fsp3) is 0.941. The lowest BCUT2D eigenvalue weighted by atomic mass is 9.93. The van der Waals surface area contributed by atoms with Crippen LogP contribution < -0.4 is 10.6 Å². The zero-order valence-electron chi connectivity index (χ0n) is 16.6. The molecule has 0 radical (unpaired) electrons. The summed E-state index contributed by atoms with van der Waals surface area (Å²) in [6.45, 7) is 9.96. The summed E-state index contributed by atoms with van der Waals surface area (Å²) in [5, 5.41) is 17.0. The predicted octanol–water partition coefficient (Wildman–Crippen LogP) is 1.54. The van der Waals surface area contributed by atoms with Gasteiger partial charge in [0, 0.05) is 26.7 Å². The summed E-state index contributed by atoms with van der Waals surface area (Å²) < 4.78 is 24.8. The van der Waals surface area contributed by atoms with Gasteiger partial charge in [0.25, 0.3) is 0 Å². The molecule has 8 heteroatoms. The van der Waals surface area contributed by atoms with E-state index in [0.717, 1.165) is 32.2 Å². The van der Waals surface area contributed by atoms with E-state index in [-0.39, 0.29) is 5.75 Å². The summed E-state index contributed by atoms with van der Waals surface area (Å²) in [6, 6.07) is 0. The van der Waals surface area contributed by atoms with Crippen molar-refractivity contribution < 1.29 is 13.5 Å². The number of sulfonamides is 1. The topological polar surface area (TPSA) is 94.0 Å². The number of hydrogen-bond acceptors (Lipinski definition) is 4. The maximum absolute atomic E-state index is 11.7. The Morgan fingerprint density at radius 1 is 1.12 bits per heavy atom. The molecule has 0 amide bonds. The Hall–Kier alpha value is -0.860. The van der Waals surface area contributed by atoms with Crippen molar-refractivity contribution in [2.75, 3.05) is 39.0 Å². The van der Waals surface area contributed by atoms with Gasteiger partial charge < -0.3 is 15.7 Å². The van der Waals surface area contributed by atoms with Gasteiger partial charge in [-0.3, -0.25) is 4.99 Å². The van der Waals surface area contributed by atoms with Gasteiger partial charge >= 0.3 is 0 Å². The predicted molar refractivity (Wildman–Crippen MR) is 105 cm³/mol. The monoisotopic (exact) mass is 378 g/mol. The fourth-order valence-electron chi connectivity index (χ4n) is 2.65. The first kappa shape index (κ1) is 24.1. The molecule has 0 saturated carbocycles. The number of aliphatic hydroxyl groups is 1. The van der Waals surface area contributed by atoms with Crippen molar-refractivity contribution in [3.8, 4) is 0 Å². The number of nitrogens with zero attached hydrogens (tertiary/aromatic N) is 2. The van der Waals surface area contributed by atoms with Crippen molar-refractivity contribution in [1.29, 1.82) is 0 Å².